The Morgan fingerprint density at radius 3 is 2.68 bits per heavy atom. The van der Waals surface area contributed by atoms with Crippen LogP contribution < -0.4 is 0 Å². The second-order valence-corrected chi connectivity index (χ2v) is 6.36. The number of nitrogens with zero attached hydrogens (tertiary/aromatic N) is 2. The van der Waals surface area contributed by atoms with E-state index in [4.69, 9.17) is 9.52 Å². The summed E-state index contributed by atoms with van der Waals surface area (Å²) in [6.07, 6.45) is 4.14. The van der Waals surface area contributed by atoms with Crippen LogP contribution in [0.25, 0.3) is 0 Å². The monoisotopic (exact) mass is 264 g/mol. The average molecular weight is 264 g/mol. The second-order valence-electron chi connectivity index (χ2n) is 6.36. The minimum absolute atomic E-state index is 0.0420. The Morgan fingerprint density at radius 2 is 2.11 bits per heavy atom. The Morgan fingerprint density at radius 1 is 1.42 bits per heavy atom. The van der Waals surface area contributed by atoms with Gasteiger partial charge in [-0.2, -0.15) is 0 Å². The summed E-state index contributed by atoms with van der Waals surface area (Å²) >= 11 is 0. The summed E-state index contributed by atoms with van der Waals surface area (Å²) in [6, 6.07) is 0. The molecule has 0 radical (unpaired) electrons. The van der Waals surface area contributed by atoms with E-state index in [1.807, 2.05) is 0 Å². The maximum absolute atomic E-state index is 10.8. The van der Waals surface area contributed by atoms with Gasteiger partial charge < -0.3 is 19.5 Å². The summed E-state index contributed by atoms with van der Waals surface area (Å²) in [6.45, 7) is 1.04. The molecule has 2 N–H and O–H groups in total. The lowest BCUT2D eigenvalue weighted by Crippen LogP contribution is -2.67. The van der Waals surface area contributed by atoms with Crippen molar-refractivity contribution in [3.63, 3.8) is 0 Å². The Labute approximate surface area is 110 Å². The van der Waals surface area contributed by atoms with Gasteiger partial charge in [-0.25, -0.2) is 9.78 Å². The minimum atomic E-state index is -0.940. The van der Waals surface area contributed by atoms with Gasteiger partial charge in [0.1, 0.15) is 5.60 Å². The molecule has 2 heterocycles. The van der Waals surface area contributed by atoms with Crippen LogP contribution in [0.2, 0.25) is 0 Å². The van der Waals surface area contributed by atoms with Crippen molar-refractivity contribution in [1.82, 2.24) is 9.88 Å². The molecule has 2 saturated carbocycles. The van der Waals surface area contributed by atoms with Crippen molar-refractivity contribution in [3.8, 4) is 0 Å². The van der Waals surface area contributed by atoms with Gasteiger partial charge in [0, 0.05) is 24.4 Å². The van der Waals surface area contributed by atoms with E-state index in [0.29, 0.717) is 37.6 Å². The number of hydrogen-bond donors (Lipinski definition) is 2. The number of carboxylic acid groups (broad SMARTS) is 1. The Balaban J connectivity index is 1.44. The van der Waals surface area contributed by atoms with Crippen LogP contribution >= 0.6 is 0 Å². The average Bonchev–Trinajstić information content (AvgIpc) is 2.99. The molecule has 1 aromatic rings. The van der Waals surface area contributed by atoms with Gasteiger partial charge in [0.15, 0.2) is 11.7 Å². The molecule has 1 saturated heterocycles. The van der Waals surface area contributed by atoms with Crippen LogP contribution in [-0.2, 0) is 5.60 Å². The number of aliphatic hydroxyl groups is 1. The molecule has 6 heteroatoms. The maximum Gasteiger partial charge on any atom is 0.407 e. The number of carbonyl (C=O) groups is 1. The first kappa shape index (κ1) is 11.3. The van der Waals surface area contributed by atoms with Crippen LogP contribution in [0.5, 0.6) is 0 Å². The zero-order chi connectivity index (χ0) is 13.3. The smallest absolute Gasteiger partial charge is 0.407 e. The third kappa shape index (κ3) is 1.59. The summed E-state index contributed by atoms with van der Waals surface area (Å²) in [5, 5.41) is 19.4. The number of amides is 1. The van der Waals surface area contributed by atoms with E-state index < -0.39 is 11.7 Å². The molecule has 1 aliphatic heterocycles. The molecule has 6 nitrogen and oxygen atoms in total. The highest BCUT2D eigenvalue weighted by Gasteiger charge is 2.62. The zero-order valence-electron chi connectivity index (χ0n) is 10.5. The molecular weight excluding hydrogens is 248 g/mol. The molecular formula is C13H16N2O4. The van der Waals surface area contributed by atoms with E-state index in [1.54, 1.807) is 6.20 Å². The summed E-state index contributed by atoms with van der Waals surface area (Å²) in [5.74, 6) is 1.73. The molecule has 0 bridgehead atoms. The molecule has 102 valence electrons. The van der Waals surface area contributed by atoms with Crippen LogP contribution in [0.1, 0.15) is 43.3 Å². The van der Waals surface area contributed by atoms with Crippen LogP contribution in [0.4, 0.5) is 4.79 Å². The van der Waals surface area contributed by atoms with E-state index in [9.17, 15) is 9.90 Å². The third-order valence-electron chi connectivity index (χ3n) is 4.57. The molecule has 0 aromatic carbocycles. The first-order valence-corrected chi connectivity index (χ1v) is 6.66. The van der Waals surface area contributed by atoms with Gasteiger partial charge in [0.2, 0.25) is 0 Å². The first-order chi connectivity index (χ1) is 9.00. The van der Waals surface area contributed by atoms with E-state index in [1.165, 1.54) is 4.90 Å². The van der Waals surface area contributed by atoms with Crippen molar-refractivity contribution in [2.75, 3.05) is 13.1 Å². The summed E-state index contributed by atoms with van der Waals surface area (Å²) in [5.41, 5.74) is -0.982. The lowest BCUT2D eigenvalue weighted by molar-refractivity contribution is -0.195. The lowest BCUT2D eigenvalue weighted by Gasteiger charge is -2.60. The molecule has 3 aliphatic rings. The molecule has 4 rings (SSSR count). The molecule has 0 atom stereocenters. The predicted octanol–water partition coefficient (Wildman–Crippen LogP) is 1.51. The Kier molecular flexibility index (Phi) is 1.96. The van der Waals surface area contributed by atoms with E-state index >= 15 is 0 Å². The number of likely N-dealkylation sites (tertiary alicyclic amines) is 1. The molecule has 0 unspecified atom stereocenters. The van der Waals surface area contributed by atoms with Crippen LogP contribution in [0.3, 0.4) is 0 Å². The van der Waals surface area contributed by atoms with Gasteiger partial charge in [-0.05, 0) is 25.7 Å². The molecule has 2 aliphatic carbocycles. The molecule has 3 fully saturated rings. The third-order valence-corrected chi connectivity index (χ3v) is 4.57. The van der Waals surface area contributed by atoms with Crippen molar-refractivity contribution >= 4 is 6.09 Å². The van der Waals surface area contributed by atoms with Gasteiger partial charge in [-0.1, -0.05) is 0 Å². The summed E-state index contributed by atoms with van der Waals surface area (Å²) in [7, 11) is 0. The Hall–Kier alpha value is -1.56. The standard InChI is InChI=1S/C13H16N2O4/c16-11(17)15-6-12(7-15)4-13(18,5-12)9-3-14-10(19-9)8-1-2-8/h3,8,18H,1-2,4-7H2,(H,16,17). The molecule has 1 amide bonds. The fourth-order valence-corrected chi connectivity index (χ4v) is 3.51. The van der Waals surface area contributed by atoms with Crippen molar-refractivity contribution in [2.45, 2.75) is 37.2 Å². The van der Waals surface area contributed by atoms with Gasteiger partial charge in [-0.15, -0.1) is 0 Å². The zero-order valence-corrected chi connectivity index (χ0v) is 10.5. The highest BCUT2D eigenvalue weighted by Crippen LogP contribution is 2.58. The largest absolute Gasteiger partial charge is 0.465 e. The van der Waals surface area contributed by atoms with E-state index in [-0.39, 0.29) is 5.41 Å². The van der Waals surface area contributed by atoms with Gasteiger partial charge in [0.05, 0.1) is 6.20 Å². The first-order valence-electron chi connectivity index (χ1n) is 6.66. The quantitative estimate of drug-likeness (QED) is 0.845. The predicted molar refractivity (Wildman–Crippen MR) is 63.6 cm³/mol. The maximum atomic E-state index is 10.8. The molecule has 1 aromatic heterocycles. The van der Waals surface area contributed by atoms with Gasteiger partial charge >= 0.3 is 6.09 Å². The molecule has 1 spiro atoms. The number of aromatic nitrogens is 1. The highest BCUT2D eigenvalue weighted by atomic mass is 16.4. The second kappa shape index (κ2) is 3.30. The fraction of sp³-hybridized carbons (Fsp3) is 0.692. The minimum Gasteiger partial charge on any atom is -0.465 e. The van der Waals surface area contributed by atoms with Crippen molar-refractivity contribution in [1.29, 1.82) is 0 Å². The SMILES string of the molecule is O=C(O)N1CC2(C1)CC(O)(c1cnc(C3CC3)o1)C2. The van der Waals surface area contributed by atoms with Crippen molar-refractivity contribution in [2.24, 2.45) is 5.41 Å². The van der Waals surface area contributed by atoms with Crippen LogP contribution in [-0.4, -0.2) is 39.3 Å². The van der Waals surface area contributed by atoms with Gasteiger partial charge in [-0.3, -0.25) is 0 Å². The number of oxazole rings is 1. The normalized spacial score (nSPS) is 26.9. The molecule has 19 heavy (non-hydrogen) atoms. The number of rotatable bonds is 2. The summed E-state index contributed by atoms with van der Waals surface area (Å²) < 4.78 is 5.66. The lowest BCUT2D eigenvalue weighted by atomic mass is 9.54. The van der Waals surface area contributed by atoms with Crippen LogP contribution in [0, 0.1) is 5.41 Å². The van der Waals surface area contributed by atoms with Crippen molar-refractivity contribution in [3.05, 3.63) is 17.8 Å². The van der Waals surface area contributed by atoms with Crippen LogP contribution in [0.15, 0.2) is 10.6 Å². The topological polar surface area (TPSA) is 86.8 Å². The van der Waals surface area contributed by atoms with E-state index in [0.717, 1.165) is 18.7 Å². The van der Waals surface area contributed by atoms with E-state index in [2.05, 4.69) is 4.98 Å². The number of hydrogen-bond acceptors (Lipinski definition) is 4. The summed E-state index contributed by atoms with van der Waals surface area (Å²) in [4.78, 5) is 16.4. The fourth-order valence-electron chi connectivity index (χ4n) is 3.51. The van der Waals surface area contributed by atoms with Gasteiger partial charge in [0.25, 0.3) is 0 Å². The van der Waals surface area contributed by atoms with Crippen molar-refractivity contribution < 1.29 is 19.4 Å². The highest BCUT2D eigenvalue weighted by molar-refractivity contribution is 5.66. The Bertz CT molecular complexity index is 535.